The highest BCUT2D eigenvalue weighted by Gasteiger charge is 2.29. The van der Waals surface area contributed by atoms with E-state index in [1.807, 2.05) is 0 Å². The summed E-state index contributed by atoms with van der Waals surface area (Å²) in [6.07, 6.45) is 6.56. The van der Waals surface area contributed by atoms with Gasteiger partial charge in [-0.1, -0.05) is 26.2 Å². The predicted octanol–water partition coefficient (Wildman–Crippen LogP) is 4.03. The van der Waals surface area contributed by atoms with E-state index in [0.29, 0.717) is 30.2 Å². The lowest BCUT2D eigenvalue weighted by molar-refractivity contribution is -0.114. The van der Waals surface area contributed by atoms with Crippen molar-refractivity contribution in [1.29, 1.82) is 0 Å². The topological polar surface area (TPSA) is 71.1 Å². The van der Waals surface area contributed by atoms with Crippen molar-refractivity contribution in [3.8, 4) is 5.75 Å². The number of hydrogen-bond acceptors (Lipinski definition) is 5. The molecule has 3 rings (SSSR count). The van der Waals surface area contributed by atoms with Crippen LogP contribution in [-0.2, 0) is 9.53 Å². The predicted molar refractivity (Wildman–Crippen MR) is 131 cm³/mol. The smallest absolute Gasteiger partial charge is 0.257 e. The molecule has 1 saturated carbocycles. The van der Waals surface area contributed by atoms with Gasteiger partial charge in [0.05, 0.1) is 11.7 Å². The van der Waals surface area contributed by atoms with Crippen molar-refractivity contribution in [3.05, 3.63) is 23.8 Å². The molecule has 2 aliphatic rings. The van der Waals surface area contributed by atoms with E-state index in [4.69, 9.17) is 9.47 Å². The summed E-state index contributed by atoms with van der Waals surface area (Å²) < 4.78 is 12.1. The quantitative estimate of drug-likeness (QED) is 0.736. The number of benzene rings is 1. The lowest BCUT2D eigenvalue weighted by Crippen LogP contribution is -2.48. The van der Waals surface area contributed by atoms with Gasteiger partial charge in [0, 0.05) is 52.4 Å². The Labute approximate surface area is 198 Å². The Kier molecular flexibility index (Phi) is 9.15. The molecule has 1 aliphatic heterocycles. The first-order valence-corrected chi connectivity index (χ1v) is 12.3. The summed E-state index contributed by atoms with van der Waals surface area (Å²) in [4.78, 5) is 29.1. The molecule has 1 aromatic rings. The van der Waals surface area contributed by atoms with Gasteiger partial charge in [0.25, 0.3) is 5.91 Å². The van der Waals surface area contributed by atoms with Gasteiger partial charge in [-0.2, -0.15) is 0 Å². The summed E-state index contributed by atoms with van der Waals surface area (Å²) in [7, 11) is 3.52. The van der Waals surface area contributed by atoms with Gasteiger partial charge < -0.3 is 19.7 Å². The Morgan fingerprint density at radius 3 is 2.58 bits per heavy atom. The van der Waals surface area contributed by atoms with Crippen LogP contribution >= 0.6 is 0 Å². The summed E-state index contributed by atoms with van der Waals surface area (Å²) in [5.74, 6) is 1.23. The fourth-order valence-corrected chi connectivity index (χ4v) is 5.09. The second-order valence-corrected chi connectivity index (χ2v) is 9.95. The largest absolute Gasteiger partial charge is 0.491 e. The third-order valence-corrected chi connectivity index (χ3v) is 7.11. The normalized spacial score (nSPS) is 26.0. The number of likely N-dealkylation sites (N-methyl/N-ethyl adjacent to an activating group) is 1. The Morgan fingerprint density at radius 1 is 1.18 bits per heavy atom. The zero-order valence-corrected chi connectivity index (χ0v) is 20.9. The molecule has 0 aromatic heterocycles. The Balaban J connectivity index is 1.89. The fourth-order valence-electron chi connectivity index (χ4n) is 5.09. The number of methoxy groups -OCH3 is 1. The first kappa shape index (κ1) is 25.5. The van der Waals surface area contributed by atoms with Crippen LogP contribution in [0.5, 0.6) is 5.75 Å². The fraction of sp³-hybridized carbons (Fsp3) is 0.692. The summed E-state index contributed by atoms with van der Waals surface area (Å²) in [5.41, 5.74) is 1.04. The molecule has 0 bridgehead atoms. The number of carbonyl (C=O) groups is 2. The number of nitrogens with one attached hydrogen (secondary N) is 1. The summed E-state index contributed by atoms with van der Waals surface area (Å²) in [6, 6.07) is 5.48. The van der Waals surface area contributed by atoms with Gasteiger partial charge in [-0.05, 0) is 49.8 Å². The van der Waals surface area contributed by atoms with Crippen molar-refractivity contribution in [2.75, 3.05) is 45.7 Å². The number of anilines is 1. The molecule has 33 heavy (non-hydrogen) atoms. The second kappa shape index (κ2) is 11.8. The number of carbonyl (C=O) groups excluding carboxylic acids is 2. The molecule has 7 heteroatoms. The molecule has 1 N–H and O–H groups in total. The standard InChI is InChI=1S/C26H41N3O4/c1-18-14-29(15-21-9-7-6-8-10-21)19(2)17-33-24-12-11-22(27-20(3)30)13-23(24)26(31)28(4)16-25(18)32-5/h11-13,18-19,21,25H,6-10,14-17H2,1-5H3,(H,27,30)/t18-,19-,25+/m0/s1. The monoisotopic (exact) mass is 459 g/mol. The maximum Gasteiger partial charge on any atom is 0.257 e. The molecule has 2 amide bonds. The molecule has 0 unspecified atom stereocenters. The summed E-state index contributed by atoms with van der Waals surface area (Å²) in [6.45, 7) is 8.86. The third kappa shape index (κ3) is 6.93. The van der Waals surface area contributed by atoms with Crippen LogP contribution in [0.3, 0.4) is 0 Å². The molecule has 184 valence electrons. The first-order chi connectivity index (χ1) is 15.8. The van der Waals surface area contributed by atoms with Gasteiger partial charge in [-0.25, -0.2) is 0 Å². The minimum absolute atomic E-state index is 0.0673. The zero-order valence-electron chi connectivity index (χ0n) is 20.9. The van der Waals surface area contributed by atoms with Crippen molar-refractivity contribution >= 4 is 17.5 Å². The number of nitrogens with zero attached hydrogens (tertiary/aromatic N) is 2. The third-order valence-electron chi connectivity index (χ3n) is 7.11. The zero-order chi connectivity index (χ0) is 24.0. The molecule has 1 heterocycles. The van der Waals surface area contributed by atoms with Crippen LogP contribution in [0.25, 0.3) is 0 Å². The summed E-state index contributed by atoms with van der Waals surface area (Å²) >= 11 is 0. The number of amides is 2. The van der Waals surface area contributed by atoms with E-state index in [2.05, 4.69) is 24.1 Å². The van der Waals surface area contributed by atoms with E-state index in [-0.39, 0.29) is 29.9 Å². The SMILES string of the molecule is CO[C@@H]1CN(C)C(=O)c2cc(NC(C)=O)ccc2OC[C@H](C)N(CC2CCCCC2)C[C@@H]1C. The van der Waals surface area contributed by atoms with Gasteiger partial charge in [-0.3, -0.25) is 14.5 Å². The molecular formula is C26H41N3O4. The molecule has 1 aromatic carbocycles. The van der Waals surface area contributed by atoms with Crippen molar-refractivity contribution < 1.29 is 19.1 Å². The molecular weight excluding hydrogens is 418 g/mol. The number of rotatable bonds is 4. The van der Waals surface area contributed by atoms with Gasteiger partial charge in [0.2, 0.25) is 5.91 Å². The van der Waals surface area contributed by atoms with Crippen LogP contribution in [0.15, 0.2) is 18.2 Å². The lowest BCUT2D eigenvalue weighted by atomic mass is 9.88. The van der Waals surface area contributed by atoms with Gasteiger partial charge in [-0.15, -0.1) is 0 Å². The van der Waals surface area contributed by atoms with E-state index in [9.17, 15) is 9.59 Å². The summed E-state index contributed by atoms with van der Waals surface area (Å²) in [5, 5.41) is 2.77. The van der Waals surface area contributed by atoms with Crippen LogP contribution in [0.1, 0.15) is 63.2 Å². The molecule has 1 aliphatic carbocycles. The molecule has 0 radical (unpaired) electrons. The van der Waals surface area contributed by atoms with Crippen molar-refractivity contribution in [2.45, 2.75) is 65.0 Å². The maximum absolute atomic E-state index is 13.3. The molecule has 3 atom stereocenters. The van der Waals surface area contributed by atoms with Crippen LogP contribution in [0.2, 0.25) is 0 Å². The number of ether oxygens (including phenoxy) is 2. The van der Waals surface area contributed by atoms with Crippen LogP contribution in [0, 0.1) is 11.8 Å². The van der Waals surface area contributed by atoms with E-state index >= 15 is 0 Å². The second-order valence-electron chi connectivity index (χ2n) is 9.95. The molecule has 1 fully saturated rings. The van der Waals surface area contributed by atoms with Gasteiger partial charge >= 0.3 is 0 Å². The first-order valence-electron chi connectivity index (χ1n) is 12.3. The molecule has 0 spiro atoms. The van der Waals surface area contributed by atoms with Gasteiger partial charge in [0.15, 0.2) is 0 Å². The molecule has 7 nitrogen and oxygen atoms in total. The van der Waals surface area contributed by atoms with Crippen molar-refractivity contribution in [2.24, 2.45) is 11.8 Å². The van der Waals surface area contributed by atoms with E-state index in [0.717, 1.165) is 19.0 Å². The average Bonchev–Trinajstić information content (AvgIpc) is 2.80. The Bertz CT molecular complexity index is 809. The Hall–Kier alpha value is -2.12. The minimum Gasteiger partial charge on any atom is -0.491 e. The lowest BCUT2D eigenvalue weighted by Gasteiger charge is -2.38. The molecule has 0 saturated heterocycles. The highest BCUT2D eigenvalue weighted by molar-refractivity contribution is 5.99. The number of hydrogen-bond donors (Lipinski definition) is 1. The van der Waals surface area contributed by atoms with Crippen LogP contribution < -0.4 is 10.1 Å². The van der Waals surface area contributed by atoms with Crippen molar-refractivity contribution in [1.82, 2.24) is 9.80 Å². The van der Waals surface area contributed by atoms with Gasteiger partial charge in [0.1, 0.15) is 12.4 Å². The average molecular weight is 460 g/mol. The highest BCUT2D eigenvalue weighted by Crippen LogP contribution is 2.28. The van der Waals surface area contributed by atoms with Crippen molar-refractivity contribution in [3.63, 3.8) is 0 Å². The minimum atomic E-state index is -0.176. The number of fused-ring (bicyclic) bond motifs is 1. The van der Waals surface area contributed by atoms with E-state index < -0.39 is 0 Å². The van der Waals surface area contributed by atoms with E-state index in [1.54, 1.807) is 37.3 Å². The maximum atomic E-state index is 13.3. The highest BCUT2D eigenvalue weighted by atomic mass is 16.5. The van der Waals surface area contributed by atoms with E-state index in [1.165, 1.54) is 39.0 Å². The van der Waals surface area contributed by atoms with Crippen LogP contribution in [-0.4, -0.2) is 74.2 Å². The van der Waals surface area contributed by atoms with Crippen LogP contribution in [0.4, 0.5) is 5.69 Å². The Morgan fingerprint density at radius 2 is 1.91 bits per heavy atom.